The highest BCUT2D eigenvalue weighted by Crippen LogP contribution is 2.26. The molecular formula is C12H14Br2N2O3. The molecule has 0 aliphatic rings. The molecule has 0 heterocycles. The Morgan fingerprint density at radius 1 is 1.42 bits per heavy atom. The van der Waals surface area contributed by atoms with E-state index in [9.17, 15) is 9.59 Å². The summed E-state index contributed by atoms with van der Waals surface area (Å²) in [5.41, 5.74) is 0.643. The predicted octanol–water partition coefficient (Wildman–Crippen LogP) is 2.56. The van der Waals surface area contributed by atoms with Crippen LogP contribution in [0.3, 0.4) is 0 Å². The van der Waals surface area contributed by atoms with Crippen LogP contribution in [0.25, 0.3) is 0 Å². The Morgan fingerprint density at radius 3 is 2.58 bits per heavy atom. The molecule has 1 unspecified atom stereocenters. The van der Waals surface area contributed by atoms with Gasteiger partial charge in [0.2, 0.25) is 5.91 Å². The first-order chi connectivity index (χ1) is 8.81. The molecule has 2 N–H and O–H groups in total. The Bertz CT molecular complexity index is 494. The summed E-state index contributed by atoms with van der Waals surface area (Å²) in [5.74, 6) is -1.22. The van der Waals surface area contributed by atoms with Gasteiger partial charge in [-0.15, -0.1) is 0 Å². The molecule has 1 atom stereocenters. The molecule has 104 valence electrons. The molecule has 0 spiro atoms. The molecule has 0 aromatic heterocycles. The zero-order chi connectivity index (χ0) is 14.6. The van der Waals surface area contributed by atoms with Crippen LogP contribution >= 0.6 is 31.9 Å². The highest BCUT2D eigenvalue weighted by Gasteiger charge is 2.19. The molecule has 1 aromatic carbocycles. The molecule has 19 heavy (non-hydrogen) atoms. The molecule has 0 aliphatic heterocycles. The molecule has 0 saturated heterocycles. The molecule has 7 heteroatoms. The summed E-state index contributed by atoms with van der Waals surface area (Å²) in [4.78, 5) is 24.1. The van der Waals surface area contributed by atoms with E-state index in [-0.39, 0.29) is 12.5 Å². The highest BCUT2D eigenvalue weighted by molar-refractivity contribution is 9.11. The third kappa shape index (κ3) is 4.93. The van der Waals surface area contributed by atoms with E-state index in [0.717, 1.165) is 8.95 Å². The number of carboxylic acid groups (broad SMARTS) is 1. The van der Waals surface area contributed by atoms with Crippen molar-refractivity contribution < 1.29 is 14.7 Å². The van der Waals surface area contributed by atoms with Gasteiger partial charge >= 0.3 is 5.97 Å². The fraction of sp³-hybridized carbons (Fsp3) is 0.333. The second-order valence-electron chi connectivity index (χ2n) is 4.10. The van der Waals surface area contributed by atoms with Gasteiger partial charge in [-0.2, -0.15) is 0 Å². The molecular weight excluding hydrogens is 380 g/mol. The van der Waals surface area contributed by atoms with Crippen LogP contribution < -0.4 is 5.32 Å². The number of nitrogens with zero attached hydrogens (tertiary/aromatic N) is 1. The number of anilines is 1. The van der Waals surface area contributed by atoms with Crippen LogP contribution in [0.4, 0.5) is 5.69 Å². The largest absolute Gasteiger partial charge is 0.480 e. The molecule has 0 saturated carbocycles. The number of likely N-dealkylation sites (N-methyl/N-ethyl adjacent to an activating group) is 1. The Kier molecular flexibility index (Phi) is 5.96. The van der Waals surface area contributed by atoms with Crippen LogP contribution in [0.2, 0.25) is 0 Å². The van der Waals surface area contributed by atoms with Gasteiger partial charge in [-0.1, -0.05) is 15.9 Å². The quantitative estimate of drug-likeness (QED) is 0.806. The number of carboxylic acids is 1. The van der Waals surface area contributed by atoms with Gasteiger partial charge in [-0.05, 0) is 48.1 Å². The number of carbonyl (C=O) groups is 2. The number of hydrogen-bond acceptors (Lipinski definition) is 3. The first-order valence-electron chi connectivity index (χ1n) is 5.49. The fourth-order valence-electron chi connectivity index (χ4n) is 1.33. The van der Waals surface area contributed by atoms with Crippen molar-refractivity contribution in [1.82, 2.24) is 4.90 Å². The van der Waals surface area contributed by atoms with Crippen LogP contribution in [0.15, 0.2) is 27.1 Å². The van der Waals surface area contributed by atoms with E-state index in [2.05, 4.69) is 37.2 Å². The van der Waals surface area contributed by atoms with Crippen molar-refractivity contribution >= 4 is 49.4 Å². The molecule has 5 nitrogen and oxygen atoms in total. The van der Waals surface area contributed by atoms with Crippen molar-refractivity contribution in [2.75, 3.05) is 18.9 Å². The number of halogens is 2. The Hall–Kier alpha value is -0.920. The summed E-state index contributed by atoms with van der Waals surface area (Å²) < 4.78 is 1.65. The number of hydrogen-bond donors (Lipinski definition) is 2. The van der Waals surface area contributed by atoms with Gasteiger partial charge in [0.1, 0.15) is 6.04 Å². The van der Waals surface area contributed by atoms with Gasteiger partial charge in [0.25, 0.3) is 0 Å². The molecule has 0 fully saturated rings. The number of benzene rings is 1. The van der Waals surface area contributed by atoms with Gasteiger partial charge in [0.15, 0.2) is 0 Å². The average molecular weight is 394 g/mol. The lowest BCUT2D eigenvalue weighted by Gasteiger charge is -2.20. The normalized spacial score (nSPS) is 12.3. The summed E-state index contributed by atoms with van der Waals surface area (Å²) in [6.07, 6.45) is 0. The summed E-state index contributed by atoms with van der Waals surface area (Å²) in [6, 6.07) is 4.68. The topological polar surface area (TPSA) is 69.6 Å². The number of carbonyl (C=O) groups excluding carboxylic acids is 1. The van der Waals surface area contributed by atoms with Crippen LogP contribution in [0, 0.1) is 0 Å². The van der Waals surface area contributed by atoms with Crippen molar-refractivity contribution in [3.05, 3.63) is 27.1 Å². The van der Waals surface area contributed by atoms with Gasteiger partial charge in [0.05, 0.1) is 12.2 Å². The number of aliphatic carboxylic acids is 1. The van der Waals surface area contributed by atoms with Crippen LogP contribution in [0.1, 0.15) is 6.92 Å². The minimum absolute atomic E-state index is 0.00989. The molecule has 1 rings (SSSR count). The summed E-state index contributed by atoms with van der Waals surface area (Å²) in [6.45, 7) is 1.54. The molecule has 1 amide bonds. The summed E-state index contributed by atoms with van der Waals surface area (Å²) in [5, 5.41) is 11.6. The second-order valence-corrected chi connectivity index (χ2v) is 5.87. The molecule has 1 aromatic rings. The molecule has 0 aliphatic carbocycles. The van der Waals surface area contributed by atoms with Gasteiger partial charge in [-0.3, -0.25) is 14.5 Å². The zero-order valence-corrected chi connectivity index (χ0v) is 13.7. The maximum atomic E-state index is 11.8. The highest BCUT2D eigenvalue weighted by atomic mass is 79.9. The minimum Gasteiger partial charge on any atom is -0.480 e. The van der Waals surface area contributed by atoms with E-state index < -0.39 is 12.0 Å². The van der Waals surface area contributed by atoms with E-state index in [0.29, 0.717) is 5.69 Å². The first-order valence-corrected chi connectivity index (χ1v) is 7.08. The second kappa shape index (κ2) is 7.02. The van der Waals surface area contributed by atoms with Crippen molar-refractivity contribution in [3.63, 3.8) is 0 Å². The maximum absolute atomic E-state index is 11.8. The lowest BCUT2D eigenvalue weighted by molar-refractivity contribution is -0.142. The fourth-order valence-corrected chi connectivity index (χ4v) is 2.48. The Balaban J connectivity index is 2.63. The monoisotopic (exact) mass is 392 g/mol. The first kappa shape index (κ1) is 16.1. The minimum atomic E-state index is -0.958. The standard InChI is InChI=1S/C12H14Br2N2O3/c1-7(12(18)19)16(2)6-11(17)15-10-4-3-8(13)5-9(10)14/h3-5,7H,6H2,1-2H3,(H,15,17)(H,18,19). The van der Waals surface area contributed by atoms with Gasteiger partial charge in [0, 0.05) is 8.95 Å². The number of nitrogens with one attached hydrogen (secondary N) is 1. The van der Waals surface area contributed by atoms with E-state index in [4.69, 9.17) is 5.11 Å². The number of amides is 1. The summed E-state index contributed by atoms with van der Waals surface area (Å²) in [7, 11) is 1.59. The molecule has 0 radical (unpaired) electrons. The van der Waals surface area contributed by atoms with Crippen LogP contribution in [-0.2, 0) is 9.59 Å². The SMILES string of the molecule is CC(C(=O)O)N(C)CC(=O)Nc1ccc(Br)cc1Br. The number of rotatable bonds is 5. The Morgan fingerprint density at radius 2 is 2.05 bits per heavy atom. The summed E-state index contributed by atoms with van der Waals surface area (Å²) >= 11 is 6.66. The van der Waals surface area contributed by atoms with E-state index in [1.807, 2.05) is 12.1 Å². The van der Waals surface area contributed by atoms with Crippen molar-refractivity contribution in [3.8, 4) is 0 Å². The van der Waals surface area contributed by atoms with E-state index >= 15 is 0 Å². The predicted molar refractivity (Wildman–Crippen MR) is 80.2 cm³/mol. The third-order valence-corrected chi connectivity index (χ3v) is 3.77. The smallest absolute Gasteiger partial charge is 0.320 e. The Labute approximate surface area is 128 Å². The molecule has 0 bridgehead atoms. The van der Waals surface area contributed by atoms with Crippen LogP contribution in [-0.4, -0.2) is 41.5 Å². The van der Waals surface area contributed by atoms with E-state index in [1.165, 1.54) is 11.8 Å². The lowest BCUT2D eigenvalue weighted by Crippen LogP contribution is -2.40. The third-order valence-electron chi connectivity index (χ3n) is 2.62. The van der Waals surface area contributed by atoms with E-state index in [1.54, 1.807) is 13.1 Å². The zero-order valence-electron chi connectivity index (χ0n) is 10.5. The van der Waals surface area contributed by atoms with Gasteiger partial charge in [-0.25, -0.2) is 0 Å². The maximum Gasteiger partial charge on any atom is 0.320 e. The van der Waals surface area contributed by atoms with Crippen molar-refractivity contribution in [2.24, 2.45) is 0 Å². The lowest BCUT2D eigenvalue weighted by atomic mass is 10.3. The van der Waals surface area contributed by atoms with Crippen LogP contribution in [0.5, 0.6) is 0 Å². The van der Waals surface area contributed by atoms with Crippen molar-refractivity contribution in [1.29, 1.82) is 0 Å². The van der Waals surface area contributed by atoms with Gasteiger partial charge < -0.3 is 10.4 Å². The average Bonchev–Trinajstić information content (AvgIpc) is 2.31. The van der Waals surface area contributed by atoms with Crippen molar-refractivity contribution in [2.45, 2.75) is 13.0 Å².